The van der Waals surface area contributed by atoms with Crippen molar-refractivity contribution in [2.75, 3.05) is 6.54 Å². The van der Waals surface area contributed by atoms with Gasteiger partial charge in [-0.1, -0.05) is 46.3 Å². The first-order chi connectivity index (χ1) is 9.13. The van der Waals surface area contributed by atoms with E-state index in [0.717, 1.165) is 15.6 Å². The van der Waals surface area contributed by atoms with Crippen molar-refractivity contribution in [1.29, 1.82) is 0 Å². The van der Waals surface area contributed by atoms with Crippen molar-refractivity contribution in [2.45, 2.75) is 12.3 Å². The van der Waals surface area contributed by atoms with Crippen LogP contribution >= 0.6 is 31.9 Å². The van der Waals surface area contributed by atoms with Gasteiger partial charge in [-0.3, -0.25) is 0 Å². The van der Waals surface area contributed by atoms with Gasteiger partial charge in [-0.05, 0) is 52.2 Å². The topological polar surface area (TPSA) is 26.0 Å². The summed E-state index contributed by atoms with van der Waals surface area (Å²) in [6.45, 7) is 0.519. The lowest BCUT2D eigenvalue weighted by Gasteiger charge is -2.18. The van der Waals surface area contributed by atoms with Crippen molar-refractivity contribution in [3.05, 3.63) is 68.4 Å². The van der Waals surface area contributed by atoms with E-state index in [1.54, 1.807) is 6.07 Å². The maximum atomic E-state index is 13.5. The Morgan fingerprint density at radius 2 is 1.79 bits per heavy atom. The maximum Gasteiger partial charge on any atom is 0.137 e. The van der Waals surface area contributed by atoms with E-state index in [1.807, 2.05) is 24.3 Å². The predicted molar refractivity (Wildman–Crippen MR) is 83.7 cm³/mol. The lowest BCUT2D eigenvalue weighted by atomic mass is 9.92. The van der Waals surface area contributed by atoms with E-state index in [2.05, 4.69) is 37.9 Å². The Morgan fingerprint density at radius 1 is 1.05 bits per heavy atom. The SMILES string of the molecule is NCC(Cc1cccc(F)c1Br)c1ccccc1Br. The van der Waals surface area contributed by atoms with E-state index in [-0.39, 0.29) is 11.7 Å². The molecule has 0 bridgehead atoms. The van der Waals surface area contributed by atoms with Gasteiger partial charge in [0.25, 0.3) is 0 Å². The first-order valence-corrected chi connectivity index (χ1v) is 7.59. The third kappa shape index (κ3) is 3.44. The molecular formula is C15H14Br2FN. The van der Waals surface area contributed by atoms with Crippen LogP contribution in [0.15, 0.2) is 51.4 Å². The van der Waals surface area contributed by atoms with Gasteiger partial charge in [-0.2, -0.15) is 0 Å². The molecule has 2 aromatic rings. The predicted octanol–water partition coefficient (Wildman–Crippen LogP) is 4.64. The van der Waals surface area contributed by atoms with Crippen molar-refractivity contribution < 1.29 is 4.39 Å². The average Bonchev–Trinajstić information content (AvgIpc) is 2.41. The van der Waals surface area contributed by atoms with Crippen LogP contribution in [-0.4, -0.2) is 6.54 Å². The van der Waals surface area contributed by atoms with E-state index in [0.29, 0.717) is 17.4 Å². The standard InChI is InChI=1S/C15H14Br2FN/c16-13-6-2-1-5-12(13)11(9-19)8-10-4-3-7-14(18)15(10)17/h1-7,11H,8-9,19H2. The molecule has 2 rings (SSSR count). The summed E-state index contributed by atoms with van der Waals surface area (Å²) in [7, 11) is 0. The molecule has 0 aliphatic rings. The van der Waals surface area contributed by atoms with Gasteiger partial charge in [-0.25, -0.2) is 4.39 Å². The van der Waals surface area contributed by atoms with Gasteiger partial charge < -0.3 is 5.73 Å². The highest BCUT2D eigenvalue weighted by molar-refractivity contribution is 9.10. The minimum Gasteiger partial charge on any atom is -0.330 e. The van der Waals surface area contributed by atoms with Crippen molar-refractivity contribution in [3.8, 4) is 0 Å². The Kier molecular flexibility index (Phi) is 5.13. The van der Waals surface area contributed by atoms with Gasteiger partial charge in [0.1, 0.15) is 5.82 Å². The van der Waals surface area contributed by atoms with Gasteiger partial charge >= 0.3 is 0 Å². The Morgan fingerprint density at radius 3 is 2.47 bits per heavy atom. The molecule has 1 atom stereocenters. The third-order valence-electron chi connectivity index (χ3n) is 3.13. The molecule has 0 amide bonds. The number of nitrogens with two attached hydrogens (primary N) is 1. The molecule has 0 aromatic heterocycles. The van der Waals surface area contributed by atoms with Crippen LogP contribution in [0.4, 0.5) is 4.39 Å². The van der Waals surface area contributed by atoms with Crippen molar-refractivity contribution in [3.63, 3.8) is 0 Å². The van der Waals surface area contributed by atoms with Gasteiger partial charge in [-0.15, -0.1) is 0 Å². The molecule has 1 unspecified atom stereocenters. The molecule has 0 saturated carbocycles. The molecule has 100 valence electrons. The summed E-state index contributed by atoms with van der Waals surface area (Å²) >= 11 is 6.84. The minimum absolute atomic E-state index is 0.161. The summed E-state index contributed by atoms with van der Waals surface area (Å²) in [5.74, 6) is -0.0749. The Bertz CT molecular complexity index is 572. The number of benzene rings is 2. The van der Waals surface area contributed by atoms with Crippen LogP contribution in [-0.2, 0) is 6.42 Å². The quantitative estimate of drug-likeness (QED) is 0.813. The van der Waals surface area contributed by atoms with Gasteiger partial charge in [0, 0.05) is 10.4 Å². The molecule has 0 aliphatic carbocycles. The molecule has 0 heterocycles. The number of halogens is 3. The van der Waals surface area contributed by atoms with Crippen LogP contribution in [0.1, 0.15) is 17.0 Å². The number of hydrogen-bond acceptors (Lipinski definition) is 1. The summed E-state index contributed by atoms with van der Waals surface area (Å²) in [5.41, 5.74) is 7.97. The average molecular weight is 387 g/mol. The smallest absolute Gasteiger partial charge is 0.137 e. The van der Waals surface area contributed by atoms with E-state index >= 15 is 0 Å². The summed E-state index contributed by atoms with van der Waals surface area (Å²) in [6, 6.07) is 13.1. The molecule has 4 heteroatoms. The lowest BCUT2D eigenvalue weighted by molar-refractivity contribution is 0.612. The van der Waals surface area contributed by atoms with Crippen LogP contribution in [0.2, 0.25) is 0 Å². The molecular weight excluding hydrogens is 373 g/mol. The van der Waals surface area contributed by atoms with Gasteiger partial charge in [0.05, 0.1) is 4.47 Å². The first-order valence-electron chi connectivity index (χ1n) is 6.01. The molecule has 2 aromatic carbocycles. The molecule has 0 aliphatic heterocycles. The Hall–Kier alpha value is -0.710. The number of hydrogen-bond donors (Lipinski definition) is 1. The van der Waals surface area contributed by atoms with E-state index in [4.69, 9.17) is 5.73 Å². The van der Waals surface area contributed by atoms with Crippen LogP contribution < -0.4 is 5.73 Å². The fourth-order valence-electron chi connectivity index (χ4n) is 2.10. The number of rotatable bonds is 4. The molecule has 0 radical (unpaired) electrons. The second kappa shape index (κ2) is 6.64. The molecule has 0 saturated heterocycles. The highest BCUT2D eigenvalue weighted by Crippen LogP contribution is 2.30. The normalized spacial score (nSPS) is 12.4. The summed E-state index contributed by atoms with van der Waals surface area (Å²) in [6.07, 6.45) is 0.706. The largest absolute Gasteiger partial charge is 0.330 e. The van der Waals surface area contributed by atoms with Gasteiger partial charge in [0.2, 0.25) is 0 Å². The third-order valence-corrected chi connectivity index (χ3v) is 4.74. The molecule has 2 N–H and O–H groups in total. The van der Waals surface area contributed by atoms with Crippen molar-refractivity contribution in [1.82, 2.24) is 0 Å². The van der Waals surface area contributed by atoms with Crippen LogP contribution in [0, 0.1) is 5.82 Å². The lowest BCUT2D eigenvalue weighted by Crippen LogP contribution is -2.16. The summed E-state index contributed by atoms with van der Waals surface area (Å²) in [5, 5.41) is 0. The summed E-state index contributed by atoms with van der Waals surface area (Å²) in [4.78, 5) is 0. The first kappa shape index (κ1) is 14.7. The zero-order valence-electron chi connectivity index (χ0n) is 10.2. The molecule has 0 spiro atoms. The minimum atomic E-state index is -0.236. The second-order valence-electron chi connectivity index (χ2n) is 4.37. The van der Waals surface area contributed by atoms with E-state index in [1.165, 1.54) is 6.07 Å². The van der Waals surface area contributed by atoms with Crippen molar-refractivity contribution >= 4 is 31.9 Å². The highest BCUT2D eigenvalue weighted by Gasteiger charge is 2.16. The zero-order chi connectivity index (χ0) is 13.8. The van der Waals surface area contributed by atoms with Crippen LogP contribution in [0.3, 0.4) is 0 Å². The highest BCUT2D eigenvalue weighted by atomic mass is 79.9. The molecule has 19 heavy (non-hydrogen) atoms. The second-order valence-corrected chi connectivity index (χ2v) is 6.02. The van der Waals surface area contributed by atoms with Crippen molar-refractivity contribution in [2.24, 2.45) is 5.73 Å². The Labute approximate surface area is 129 Å². The zero-order valence-corrected chi connectivity index (χ0v) is 13.4. The maximum absolute atomic E-state index is 13.5. The van der Waals surface area contributed by atoms with Gasteiger partial charge in [0.15, 0.2) is 0 Å². The monoisotopic (exact) mass is 385 g/mol. The molecule has 0 fully saturated rings. The fourth-order valence-corrected chi connectivity index (χ4v) is 3.13. The van der Waals surface area contributed by atoms with E-state index in [9.17, 15) is 4.39 Å². The molecule has 1 nitrogen and oxygen atoms in total. The van der Waals surface area contributed by atoms with Crippen LogP contribution in [0.25, 0.3) is 0 Å². The Balaban J connectivity index is 2.30. The van der Waals surface area contributed by atoms with Crippen LogP contribution in [0.5, 0.6) is 0 Å². The summed E-state index contributed by atoms with van der Waals surface area (Å²) < 4.78 is 15.1. The fraction of sp³-hybridized carbons (Fsp3) is 0.200. The van der Waals surface area contributed by atoms with E-state index < -0.39 is 0 Å².